The van der Waals surface area contributed by atoms with E-state index >= 15 is 0 Å². The first kappa shape index (κ1) is 15.7. The van der Waals surface area contributed by atoms with Crippen LogP contribution in [0.3, 0.4) is 0 Å². The molecule has 0 amide bonds. The molecule has 0 unspecified atom stereocenters. The summed E-state index contributed by atoms with van der Waals surface area (Å²) in [7, 11) is -3.12. The Morgan fingerprint density at radius 2 is 1.81 bits per heavy atom. The van der Waals surface area contributed by atoms with Gasteiger partial charge in [-0.3, -0.25) is 4.68 Å². The fourth-order valence-corrected chi connectivity index (χ4v) is 2.58. The van der Waals surface area contributed by atoms with E-state index in [2.05, 4.69) is 24.3 Å². The minimum atomic E-state index is -3.12. The second kappa shape index (κ2) is 6.41. The van der Waals surface area contributed by atoms with Crippen molar-refractivity contribution in [2.24, 2.45) is 0 Å². The number of hydrogen-bond acceptors (Lipinski definition) is 4. The van der Waals surface area contributed by atoms with Gasteiger partial charge in [-0.15, -0.1) is 0 Å². The van der Waals surface area contributed by atoms with Gasteiger partial charge in [-0.05, 0) is 37.6 Å². The highest BCUT2D eigenvalue weighted by molar-refractivity contribution is 7.90. The molecule has 6 heteroatoms. The van der Waals surface area contributed by atoms with E-state index in [4.69, 9.17) is 0 Å². The molecule has 0 aliphatic rings. The predicted molar refractivity (Wildman–Crippen MR) is 82.7 cm³/mol. The van der Waals surface area contributed by atoms with Gasteiger partial charge in [0.15, 0.2) is 9.84 Å². The van der Waals surface area contributed by atoms with Crippen LogP contribution in [0.25, 0.3) is 0 Å². The Kier molecular flexibility index (Phi) is 4.80. The van der Waals surface area contributed by atoms with Crippen LogP contribution in [0.4, 0.5) is 0 Å². The van der Waals surface area contributed by atoms with Crippen LogP contribution in [0.15, 0.2) is 41.4 Å². The molecule has 1 N–H and O–H groups in total. The Labute approximate surface area is 125 Å². The third-order valence-electron chi connectivity index (χ3n) is 3.18. The summed E-state index contributed by atoms with van der Waals surface area (Å²) in [6, 6.07) is 9.30. The zero-order chi connectivity index (χ0) is 15.5. The number of nitrogens with zero attached hydrogens (tertiary/aromatic N) is 2. The van der Waals surface area contributed by atoms with Gasteiger partial charge >= 0.3 is 0 Å². The zero-order valence-corrected chi connectivity index (χ0v) is 13.4. The molecule has 0 bridgehead atoms. The molecule has 1 aromatic carbocycles. The Morgan fingerprint density at radius 1 is 1.14 bits per heavy atom. The average molecular weight is 307 g/mol. The van der Waals surface area contributed by atoms with E-state index in [0.717, 1.165) is 11.3 Å². The van der Waals surface area contributed by atoms with Crippen molar-refractivity contribution in [2.45, 2.75) is 37.9 Å². The third kappa shape index (κ3) is 4.41. The zero-order valence-electron chi connectivity index (χ0n) is 12.6. The topological polar surface area (TPSA) is 64.0 Å². The molecule has 2 aromatic rings. The minimum absolute atomic E-state index is 0.349. The monoisotopic (exact) mass is 307 g/mol. The van der Waals surface area contributed by atoms with Crippen molar-refractivity contribution in [3.63, 3.8) is 0 Å². The van der Waals surface area contributed by atoms with Gasteiger partial charge in [0.05, 0.1) is 10.6 Å². The first-order valence-electron chi connectivity index (χ1n) is 6.90. The molecule has 114 valence electrons. The molecule has 0 saturated carbocycles. The molecular weight excluding hydrogens is 286 g/mol. The van der Waals surface area contributed by atoms with Gasteiger partial charge in [-0.2, -0.15) is 5.10 Å². The smallest absolute Gasteiger partial charge is 0.175 e. The van der Waals surface area contributed by atoms with Crippen LogP contribution in [0.5, 0.6) is 0 Å². The van der Waals surface area contributed by atoms with Crippen LogP contribution in [0.1, 0.15) is 31.1 Å². The number of hydrogen-bond donors (Lipinski definition) is 1. The third-order valence-corrected chi connectivity index (χ3v) is 4.31. The van der Waals surface area contributed by atoms with Gasteiger partial charge in [-0.1, -0.05) is 12.1 Å². The minimum Gasteiger partial charge on any atom is -0.307 e. The van der Waals surface area contributed by atoms with Crippen molar-refractivity contribution in [2.75, 3.05) is 6.26 Å². The molecular formula is C15H21N3O2S. The molecule has 1 aromatic heterocycles. The van der Waals surface area contributed by atoms with E-state index in [-0.39, 0.29) is 0 Å². The first-order valence-corrected chi connectivity index (χ1v) is 8.79. The van der Waals surface area contributed by atoms with Crippen LogP contribution in [-0.4, -0.2) is 24.5 Å². The summed E-state index contributed by atoms with van der Waals surface area (Å²) in [6.07, 6.45) is 3.19. The Hall–Kier alpha value is -1.66. The second-order valence-corrected chi connectivity index (χ2v) is 7.42. The lowest BCUT2D eigenvalue weighted by Crippen LogP contribution is -2.14. The molecule has 5 nitrogen and oxygen atoms in total. The van der Waals surface area contributed by atoms with Crippen LogP contribution < -0.4 is 5.32 Å². The average Bonchev–Trinajstić information content (AvgIpc) is 2.87. The molecule has 1 heterocycles. The Morgan fingerprint density at radius 3 is 2.33 bits per heavy atom. The van der Waals surface area contributed by atoms with Crippen molar-refractivity contribution in [3.8, 4) is 0 Å². The summed E-state index contributed by atoms with van der Waals surface area (Å²) in [4.78, 5) is 0.349. The molecule has 0 aliphatic heterocycles. The molecule has 0 saturated heterocycles. The number of benzene rings is 1. The molecule has 0 radical (unpaired) electrons. The number of rotatable bonds is 6. The summed E-state index contributed by atoms with van der Waals surface area (Å²) in [5.74, 6) is 0. The number of aromatic nitrogens is 2. The van der Waals surface area contributed by atoms with E-state index in [1.54, 1.807) is 12.1 Å². The second-order valence-electron chi connectivity index (χ2n) is 5.40. The van der Waals surface area contributed by atoms with Crippen molar-refractivity contribution in [3.05, 3.63) is 47.8 Å². The standard InChI is InChI=1S/C15H21N3O2S/c1-12(2)18-9-8-14(17-18)11-16-10-13-4-6-15(7-5-13)21(3,19)20/h4-9,12,16H,10-11H2,1-3H3. The summed E-state index contributed by atoms with van der Waals surface area (Å²) in [6.45, 7) is 5.55. The molecule has 0 fully saturated rings. The van der Waals surface area contributed by atoms with Crippen molar-refractivity contribution in [1.82, 2.24) is 15.1 Å². The predicted octanol–water partition coefficient (Wildman–Crippen LogP) is 2.16. The molecule has 0 atom stereocenters. The molecule has 0 spiro atoms. The summed E-state index contributed by atoms with van der Waals surface area (Å²) >= 11 is 0. The van der Waals surface area contributed by atoms with Crippen LogP contribution in [0.2, 0.25) is 0 Å². The molecule has 0 aliphatic carbocycles. The Bertz CT molecular complexity index is 688. The summed E-state index contributed by atoms with van der Waals surface area (Å²) in [5, 5.41) is 7.77. The molecule has 21 heavy (non-hydrogen) atoms. The summed E-state index contributed by atoms with van der Waals surface area (Å²) in [5.41, 5.74) is 2.04. The summed E-state index contributed by atoms with van der Waals surface area (Å²) < 4.78 is 24.7. The fraction of sp³-hybridized carbons (Fsp3) is 0.400. The highest BCUT2D eigenvalue weighted by atomic mass is 32.2. The van der Waals surface area contributed by atoms with E-state index in [1.165, 1.54) is 6.26 Å². The van der Waals surface area contributed by atoms with E-state index in [9.17, 15) is 8.42 Å². The van der Waals surface area contributed by atoms with Crippen molar-refractivity contribution >= 4 is 9.84 Å². The first-order chi connectivity index (χ1) is 9.86. The normalized spacial score (nSPS) is 12.0. The van der Waals surface area contributed by atoms with Crippen LogP contribution >= 0.6 is 0 Å². The van der Waals surface area contributed by atoms with Crippen molar-refractivity contribution in [1.29, 1.82) is 0 Å². The lowest BCUT2D eigenvalue weighted by Gasteiger charge is -2.06. The molecule has 2 rings (SSSR count). The van der Waals surface area contributed by atoms with E-state index in [0.29, 0.717) is 24.0 Å². The van der Waals surface area contributed by atoms with Gasteiger partial charge < -0.3 is 5.32 Å². The van der Waals surface area contributed by atoms with Crippen LogP contribution in [0, 0.1) is 0 Å². The highest BCUT2D eigenvalue weighted by Gasteiger charge is 2.06. The maximum absolute atomic E-state index is 11.4. The van der Waals surface area contributed by atoms with Gasteiger partial charge in [-0.25, -0.2) is 8.42 Å². The maximum atomic E-state index is 11.4. The lowest BCUT2D eigenvalue weighted by atomic mass is 10.2. The van der Waals surface area contributed by atoms with Crippen LogP contribution in [-0.2, 0) is 22.9 Å². The van der Waals surface area contributed by atoms with Gasteiger partial charge in [0, 0.05) is 31.6 Å². The van der Waals surface area contributed by atoms with Gasteiger partial charge in [0.1, 0.15) is 0 Å². The highest BCUT2D eigenvalue weighted by Crippen LogP contribution is 2.10. The van der Waals surface area contributed by atoms with E-state index in [1.807, 2.05) is 29.1 Å². The number of sulfone groups is 1. The van der Waals surface area contributed by atoms with Crippen molar-refractivity contribution < 1.29 is 8.42 Å². The Balaban J connectivity index is 1.88. The lowest BCUT2D eigenvalue weighted by molar-refractivity contribution is 0.521. The number of nitrogens with one attached hydrogen (secondary N) is 1. The van der Waals surface area contributed by atoms with Gasteiger partial charge in [0.25, 0.3) is 0 Å². The SMILES string of the molecule is CC(C)n1ccc(CNCc2ccc(S(C)(=O)=O)cc2)n1. The largest absolute Gasteiger partial charge is 0.307 e. The fourth-order valence-electron chi connectivity index (χ4n) is 1.95. The quantitative estimate of drug-likeness (QED) is 0.888. The maximum Gasteiger partial charge on any atom is 0.175 e. The van der Waals surface area contributed by atoms with Gasteiger partial charge in [0.2, 0.25) is 0 Å². The van der Waals surface area contributed by atoms with E-state index < -0.39 is 9.84 Å².